The van der Waals surface area contributed by atoms with Gasteiger partial charge in [0.1, 0.15) is 12.4 Å². The molecule has 0 atom stereocenters. The van der Waals surface area contributed by atoms with Gasteiger partial charge in [-0.05, 0) is 30.7 Å². The third-order valence-corrected chi connectivity index (χ3v) is 2.30. The highest BCUT2D eigenvalue weighted by atomic mass is 16.5. The standard InChI is InChI=1S/C13H15N3O/c14-7-6-11-8-15-13(16-9-11)10-17-12-4-2-1-3-5-12/h1-5,8-9H,6-7,10,14H2. The Morgan fingerprint density at radius 3 is 2.41 bits per heavy atom. The summed E-state index contributed by atoms with van der Waals surface area (Å²) in [7, 11) is 0. The molecule has 0 aliphatic heterocycles. The summed E-state index contributed by atoms with van der Waals surface area (Å²) in [5.74, 6) is 1.50. The van der Waals surface area contributed by atoms with Crippen molar-refractivity contribution in [1.29, 1.82) is 0 Å². The van der Waals surface area contributed by atoms with Crippen molar-refractivity contribution < 1.29 is 4.74 Å². The van der Waals surface area contributed by atoms with Crippen LogP contribution in [0.5, 0.6) is 5.75 Å². The van der Waals surface area contributed by atoms with Crippen LogP contribution >= 0.6 is 0 Å². The minimum absolute atomic E-state index is 0.382. The molecule has 2 aromatic rings. The van der Waals surface area contributed by atoms with Gasteiger partial charge in [-0.2, -0.15) is 0 Å². The van der Waals surface area contributed by atoms with E-state index in [4.69, 9.17) is 10.5 Å². The number of para-hydroxylation sites is 1. The van der Waals surface area contributed by atoms with Crippen molar-refractivity contribution in [3.8, 4) is 5.75 Å². The fraction of sp³-hybridized carbons (Fsp3) is 0.231. The SMILES string of the molecule is NCCc1cnc(COc2ccccc2)nc1. The number of ether oxygens (including phenoxy) is 1. The molecule has 17 heavy (non-hydrogen) atoms. The van der Waals surface area contributed by atoms with Crippen molar-refractivity contribution in [2.24, 2.45) is 5.73 Å². The maximum absolute atomic E-state index is 5.54. The highest BCUT2D eigenvalue weighted by Crippen LogP contribution is 2.09. The zero-order valence-electron chi connectivity index (χ0n) is 9.54. The van der Waals surface area contributed by atoms with E-state index < -0.39 is 0 Å². The summed E-state index contributed by atoms with van der Waals surface area (Å²) in [5, 5.41) is 0. The van der Waals surface area contributed by atoms with Gasteiger partial charge in [0.15, 0.2) is 5.82 Å². The van der Waals surface area contributed by atoms with Gasteiger partial charge < -0.3 is 10.5 Å². The van der Waals surface area contributed by atoms with E-state index in [1.165, 1.54) is 0 Å². The highest BCUT2D eigenvalue weighted by molar-refractivity contribution is 5.21. The Morgan fingerprint density at radius 1 is 1.06 bits per heavy atom. The maximum atomic E-state index is 5.54. The van der Waals surface area contributed by atoms with Gasteiger partial charge in [0.2, 0.25) is 0 Å². The summed E-state index contributed by atoms with van der Waals surface area (Å²) in [6, 6.07) is 9.62. The van der Waals surface area contributed by atoms with Crippen LogP contribution in [0.3, 0.4) is 0 Å². The van der Waals surface area contributed by atoms with Crippen LogP contribution < -0.4 is 10.5 Å². The largest absolute Gasteiger partial charge is 0.486 e. The molecule has 0 aliphatic carbocycles. The number of aromatic nitrogens is 2. The molecule has 1 aromatic carbocycles. The minimum Gasteiger partial charge on any atom is -0.486 e. The minimum atomic E-state index is 0.382. The molecule has 88 valence electrons. The number of rotatable bonds is 5. The van der Waals surface area contributed by atoms with E-state index in [1.807, 2.05) is 30.3 Å². The van der Waals surface area contributed by atoms with Crippen LogP contribution in [-0.2, 0) is 13.0 Å². The summed E-state index contributed by atoms with van der Waals surface area (Å²) < 4.78 is 5.54. The molecule has 0 saturated carbocycles. The van der Waals surface area contributed by atoms with Crippen LogP contribution in [0.4, 0.5) is 0 Å². The average Bonchev–Trinajstić information content (AvgIpc) is 2.40. The van der Waals surface area contributed by atoms with E-state index in [-0.39, 0.29) is 0 Å². The van der Waals surface area contributed by atoms with E-state index >= 15 is 0 Å². The van der Waals surface area contributed by atoms with Crippen LogP contribution in [0.15, 0.2) is 42.7 Å². The topological polar surface area (TPSA) is 61.0 Å². The Labute approximate surface area is 100 Å². The molecular formula is C13H15N3O. The average molecular weight is 229 g/mol. The van der Waals surface area contributed by atoms with Gasteiger partial charge >= 0.3 is 0 Å². The summed E-state index contributed by atoms with van der Waals surface area (Å²) in [4.78, 5) is 8.44. The molecule has 0 fully saturated rings. The summed E-state index contributed by atoms with van der Waals surface area (Å²) >= 11 is 0. The highest BCUT2D eigenvalue weighted by Gasteiger charge is 1.99. The predicted octanol–water partition coefficient (Wildman–Crippen LogP) is 1.56. The second-order valence-corrected chi connectivity index (χ2v) is 3.65. The Kier molecular flexibility index (Phi) is 4.05. The van der Waals surface area contributed by atoms with Crippen molar-refractivity contribution in [3.05, 3.63) is 54.1 Å². The lowest BCUT2D eigenvalue weighted by molar-refractivity contribution is 0.295. The quantitative estimate of drug-likeness (QED) is 0.845. The van der Waals surface area contributed by atoms with E-state index in [0.29, 0.717) is 19.0 Å². The predicted molar refractivity (Wildman–Crippen MR) is 65.6 cm³/mol. The molecular weight excluding hydrogens is 214 g/mol. The Bertz CT molecular complexity index is 442. The summed E-state index contributed by atoms with van der Waals surface area (Å²) in [6.07, 6.45) is 4.40. The molecule has 2 rings (SSSR count). The van der Waals surface area contributed by atoms with E-state index in [2.05, 4.69) is 9.97 Å². The van der Waals surface area contributed by atoms with Gasteiger partial charge in [0.05, 0.1) is 0 Å². The van der Waals surface area contributed by atoms with E-state index in [9.17, 15) is 0 Å². The van der Waals surface area contributed by atoms with Gasteiger partial charge in [-0.1, -0.05) is 18.2 Å². The fourth-order valence-electron chi connectivity index (χ4n) is 1.42. The Hall–Kier alpha value is -1.94. The van der Waals surface area contributed by atoms with Crippen molar-refractivity contribution in [3.63, 3.8) is 0 Å². The first-order valence-electron chi connectivity index (χ1n) is 5.56. The molecule has 2 N–H and O–H groups in total. The second kappa shape index (κ2) is 5.96. The van der Waals surface area contributed by atoms with E-state index in [1.54, 1.807) is 12.4 Å². The zero-order chi connectivity index (χ0) is 11.9. The van der Waals surface area contributed by atoms with Crippen molar-refractivity contribution in [1.82, 2.24) is 9.97 Å². The summed E-state index contributed by atoms with van der Waals surface area (Å²) in [6.45, 7) is 0.996. The molecule has 0 aliphatic rings. The number of hydrogen-bond acceptors (Lipinski definition) is 4. The molecule has 0 bridgehead atoms. The second-order valence-electron chi connectivity index (χ2n) is 3.65. The maximum Gasteiger partial charge on any atom is 0.166 e. The smallest absolute Gasteiger partial charge is 0.166 e. The van der Waals surface area contributed by atoms with Crippen LogP contribution in [0.2, 0.25) is 0 Å². The first-order chi connectivity index (χ1) is 8.38. The number of nitrogens with two attached hydrogens (primary N) is 1. The lowest BCUT2D eigenvalue weighted by atomic mass is 10.2. The number of nitrogens with zero attached hydrogens (tertiary/aromatic N) is 2. The first kappa shape index (κ1) is 11.5. The first-order valence-corrected chi connectivity index (χ1v) is 5.56. The van der Waals surface area contributed by atoms with Crippen LogP contribution in [0.25, 0.3) is 0 Å². The molecule has 4 nitrogen and oxygen atoms in total. The van der Waals surface area contributed by atoms with Gasteiger partial charge in [0, 0.05) is 12.4 Å². The Morgan fingerprint density at radius 2 is 1.76 bits per heavy atom. The number of hydrogen-bond donors (Lipinski definition) is 1. The Balaban J connectivity index is 1.91. The molecule has 0 spiro atoms. The third kappa shape index (κ3) is 3.53. The zero-order valence-corrected chi connectivity index (χ0v) is 9.54. The van der Waals surface area contributed by atoms with Crippen LogP contribution in [-0.4, -0.2) is 16.5 Å². The molecule has 1 aromatic heterocycles. The number of benzene rings is 1. The van der Waals surface area contributed by atoms with Crippen molar-refractivity contribution in [2.75, 3.05) is 6.54 Å². The van der Waals surface area contributed by atoms with Gasteiger partial charge in [-0.25, -0.2) is 9.97 Å². The molecule has 4 heteroatoms. The van der Waals surface area contributed by atoms with Crippen molar-refractivity contribution in [2.45, 2.75) is 13.0 Å². The van der Waals surface area contributed by atoms with Gasteiger partial charge in [-0.3, -0.25) is 0 Å². The van der Waals surface area contributed by atoms with Crippen molar-refractivity contribution >= 4 is 0 Å². The van der Waals surface area contributed by atoms with Gasteiger partial charge in [-0.15, -0.1) is 0 Å². The normalized spacial score (nSPS) is 10.2. The summed E-state index contributed by atoms with van der Waals surface area (Å²) in [5.41, 5.74) is 6.50. The fourth-order valence-corrected chi connectivity index (χ4v) is 1.42. The lowest BCUT2D eigenvalue weighted by Crippen LogP contribution is -2.06. The molecule has 0 saturated heterocycles. The third-order valence-electron chi connectivity index (χ3n) is 2.30. The molecule has 0 amide bonds. The molecule has 0 unspecified atom stereocenters. The lowest BCUT2D eigenvalue weighted by Gasteiger charge is -2.05. The monoisotopic (exact) mass is 229 g/mol. The van der Waals surface area contributed by atoms with Gasteiger partial charge in [0.25, 0.3) is 0 Å². The molecule has 1 heterocycles. The molecule has 0 radical (unpaired) electrons. The van der Waals surface area contributed by atoms with E-state index in [0.717, 1.165) is 17.7 Å². The van der Waals surface area contributed by atoms with Crippen LogP contribution in [0.1, 0.15) is 11.4 Å². The van der Waals surface area contributed by atoms with Crippen LogP contribution in [0, 0.1) is 0 Å².